The van der Waals surface area contributed by atoms with Crippen LogP contribution in [0.3, 0.4) is 0 Å². The van der Waals surface area contributed by atoms with Gasteiger partial charge in [0, 0.05) is 24.7 Å². The molecule has 0 radical (unpaired) electrons. The van der Waals surface area contributed by atoms with Crippen molar-refractivity contribution in [3.63, 3.8) is 0 Å². The van der Waals surface area contributed by atoms with E-state index in [0.717, 1.165) is 60.9 Å². The molecule has 2 amide bonds. The minimum atomic E-state index is -3.57. The van der Waals surface area contributed by atoms with Gasteiger partial charge in [-0.05, 0) is 105 Å². The third-order valence-electron chi connectivity index (χ3n) is 11.5. The van der Waals surface area contributed by atoms with Crippen LogP contribution in [0, 0.1) is 5.92 Å². The molecule has 0 saturated carbocycles. The second kappa shape index (κ2) is 22.1. The van der Waals surface area contributed by atoms with E-state index in [1.807, 2.05) is 71.6 Å². The molecule has 0 aliphatic carbocycles. The quantitative estimate of drug-likeness (QED) is 0.0283. The molecular weight excluding hydrogens is 820 g/mol. The summed E-state index contributed by atoms with van der Waals surface area (Å²) in [6, 6.07) is 22.9. The van der Waals surface area contributed by atoms with E-state index in [0.29, 0.717) is 36.7 Å². The summed E-state index contributed by atoms with van der Waals surface area (Å²) >= 11 is 6.09. The van der Waals surface area contributed by atoms with Gasteiger partial charge in [-0.2, -0.15) is 0 Å². The Kier molecular flexibility index (Phi) is 16.7. The molecule has 3 saturated heterocycles. The number of rotatable bonds is 22. The van der Waals surface area contributed by atoms with E-state index >= 15 is 0 Å². The standard InChI is InChI=1S/C44H59ClN8O7S/c1-61(57,58)52-37(18-13-30-19-23-48-24-20-30)40-43(60-40)53-27-35(59-28-31-11-16-34(45)17-12-31)26-38(53)41(55)51-36(8-5-22-50-44(46)47)39(54)42(56)49-25-21-29-9-14-33(15-10-29)32-6-3-2-4-7-32/h2-4,6-7,9-12,14-17,30,35-38,40,43,48,52H,5,8,13,18-28H2,1H3,(H,49,56)(H,51,55)(H4,46,47,50)/t35-,36+,37-,38+,40?,43?/m1/s1. The molecule has 15 nitrogen and oxygen atoms in total. The van der Waals surface area contributed by atoms with Crippen LogP contribution in [-0.4, -0.2) is 112 Å². The van der Waals surface area contributed by atoms with Crippen molar-refractivity contribution in [3.05, 3.63) is 95.0 Å². The summed E-state index contributed by atoms with van der Waals surface area (Å²) in [6.07, 6.45) is 4.33. The van der Waals surface area contributed by atoms with Crippen LogP contribution in [0.5, 0.6) is 0 Å². The Balaban J connectivity index is 1.13. The molecular formula is C44H59ClN8O7S. The molecule has 6 rings (SSSR count). The summed E-state index contributed by atoms with van der Waals surface area (Å²) in [5.74, 6) is -1.70. The van der Waals surface area contributed by atoms with Gasteiger partial charge in [0.25, 0.3) is 5.91 Å². The number of guanidine groups is 1. The summed E-state index contributed by atoms with van der Waals surface area (Å²) in [5.41, 5.74) is 15.1. The lowest BCUT2D eigenvalue weighted by molar-refractivity contribution is -0.140. The number of hydrogen-bond donors (Lipinski definition) is 6. The van der Waals surface area contributed by atoms with E-state index in [1.54, 1.807) is 12.1 Å². The Morgan fingerprint density at radius 2 is 1.66 bits per heavy atom. The molecule has 3 aromatic carbocycles. The second-order valence-corrected chi connectivity index (χ2v) is 18.4. The first kappa shape index (κ1) is 46.1. The van der Waals surface area contributed by atoms with Crippen LogP contribution in [0.1, 0.15) is 56.1 Å². The van der Waals surface area contributed by atoms with Crippen molar-refractivity contribution in [1.82, 2.24) is 25.6 Å². The molecule has 2 unspecified atom stereocenters. The summed E-state index contributed by atoms with van der Waals surface area (Å²) in [4.78, 5) is 47.3. The number of epoxide rings is 1. The van der Waals surface area contributed by atoms with Gasteiger partial charge in [-0.1, -0.05) is 78.3 Å². The molecule has 8 N–H and O–H groups in total. The van der Waals surface area contributed by atoms with Crippen LogP contribution in [0.25, 0.3) is 11.1 Å². The van der Waals surface area contributed by atoms with Crippen LogP contribution in [0.2, 0.25) is 5.02 Å². The number of amides is 2. The van der Waals surface area contributed by atoms with Crippen molar-refractivity contribution in [2.24, 2.45) is 22.4 Å². The molecule has 6 atom stereocenters. The first-order valence-electron chi connectivity index (χ1n) is 21.1. The summed E-state index contributed by atoms with van der Waals surface area (Å²) in [5, 5.41) is 9.59. The highest BCUT2D eigenvalue weighted by molar-refractivity contribution is 7.88. The Hall–Kier alpha value is -4.42. The molecule has 3 heterocycles. The molecule has 17 heteroatoms. The fraction of sp³-hybridized carbons (Fsp3) is 0.500. The number of carbonyl (C=O) groups is 3. The van der Waals surface area contributed by atoms with E-state index in [2.05, 4.69) is 25.7 Å². The Labute approximate surface area is 363 Å². The Morgan fingerprint density at radius 1 is 0.967 bits per heavy atom. The average molecular weight is 880 g/mol. The summed E-state index contributed by atoms with van der Waals surface area (Å²) in [7, 11) is -3.57. The number of aliphatic imine (C=N–C) groups is 1. The number of Topliss-reactive ketones (excluding diaryl/α,β-unsaturated/α-hetero) is 1. The Morgan fingerprint density at radius 3 is 2.34 bits per heavy atom. The minimum absolute atomic E-state index is 0.105. The zero-order chi connectivity index (χ0) is 43.4. The van der Waals surface area contributed by atoms with Crippen LogP contribution in [0.4, 0.5) is 0 Å². The van der Waals surface area contributed by atoms with Gasteiger partial charge < -0.3 is 36.9 Å². The number of ether oxygens (including phenoxy) is 2. The molecule has 3 aliphatic rings. The molecule has 330 valence electrons. The molecule has 0 spiro atoms. The maximum atomic E-state index is 14.3. The van der Waals surface area contributed by atoms with E-state index < -0.39 is 64.2 Å². The van der Waals surface area contributed by atoms with Gasteiger partial charge in [0.2, 0.25) is 21.7 Å². The number of nitrogens with one attached hydrogen (secondary N) is 4. The largest absolute Gasteiger partial charge is 0.372 e. The highest BCUT2D eigenvalue weighted by atomic mass is 35.5. The van der Waals surface area contributed by atoms with Gasteiger partial charge in [0.05, 0.1) is 37.1 Å². The molecule has 0 bridgehead atoms. The third kappa shape index (κ3) is 14.3. The molecule has 3 aromatic rings. The van der Waals surface area contributed by atoms with Crippen molar-refractivity contribution >= 4 is 45.2 Å². The lowest BCUT2D eigenvalue weighted by atomic mass is 9.91. The van der Waals surface area contributed by atoms with E-state index in [4.69, 9.17) is 32.5 Å². The number of carbonyl (C=O) groups excluding carboxylic acids is 3. The first-order valence-corrected chi connectivity index (χ1v) is 23.4. The van der Waals surface area contributed by atoms with Gasteiger partial charge in [-0.3, -0.25) is 24.3 Å². The molecule has 0 aromatic heterocycles. The second-order valence-electron chi connectivity index (χ2n) is 16.2. The fourth-order valence-corrected chi connectivity index (χ4v) is 9.13. The zero-order valence-corrected chi connectivity index (χ0v) is 36.2. The van der Waals surface area contributed by atoms with Crippen LogP contribution in [-0.2, 0) is 46.9 Å². The van der Waals surface area contributed by atoms with Crippen molar-refractivity contribution in [3.8, 4) is 11.1 Å². The SMILES string of the molecule is CS(=O)(=O)N[C@H](CCC1CCNCC1)C1OC1N1C[C@H](OCc2ccc(Cl)cc2)C[C@H]1C(=O)N[C@@H](CCCN=C(N)N)C(=O)C(=O)NCCc1ccc(-c2ccccc2)cc1. The van der Waals surface area contributed by atoms with Crippen LogP contribution in [0.15, 0.2) is 83.9 Å². The van der Waals surface area contributed by atoms with E-state index in [1.165, 1.54) is 0 Å². The normalized spacial score (nSPS) is 21.6. The zero-order valence-electron chi connectivity index (χ0n) is 34.6. The van der Waals surface area contributed by atoms with Crippen molar-refractivity contribution < 1.29 is 32.3 Å². The van der Waals surface area contributed by atoms with Gasteiger partial charge in [0.15, 0.2) is 5.96 Å². The number of hydrogen-bond acceptors (Lipinski definition) is 10. The van der Waals surface area contributed by atoms with Crippen molar-refractivity contribution in [2.45, 2.75) is 94.5 Å². The third-order valence-corrected chi connectivity index (χ3v) is 12.5. The average Bonchev–Trinajstić information content (AvgIpc) is 3.93. The predicted octanol–water partition coefficient (Wildman–Crippen LogP) is 2.86. The van der Waals surface area contributed by atoms with Crippen LogP contribution < -0.4 is 32.1 Å². The van der Waals surface area contributed by atoms with Gasteiger partial charge in [-0.15, -0.1) is 0 Å². The van der Waals surface area contributed by atoms with Crippen molar-refractivity contribution in [2.75, 3.05) is 39.0 Å². The molecule has 3 aliphatic heterocycles. The van der Waals surface area contributed by atoms with E-state index in [-0.39, 0.29) is 38.5 Å². The van der Waals surface area contributed by atoms with Gasteiger partial charge in [0.1, 0.15) is 12.3 Å². The lowest BCUT2D eigenvalue weighted by Crippen LogP contribution is -2.53. The number of nitrogens with zero attached hydrogens (tertiary/aromatic N) is 2. The number of piperidine rings is 1. The number of nitrogens with two attached hydrogens (primary N) is 2. The van der Waals surface area contributed by atoms with Gasteiger partial charge >= 0.3 is 0 Å². The van der Waals surface area contributed by atoms with Crippen molar-refractivity contribution in [1.29, 1.82) is 0 Å². The number of benzene rings is 3. The molecule has 61 heavy (non-hydrogen) atoms. The van der Waals surface area contributed by atoms with E-state index in [9.17, 15) is 22.8 Å². The highest BCUT2D eigenvalue weighted by Crippen LogP contribution is 2.38. The highest BCUT2D eigenvalue weighted by Gasteiger charge is 2.55. The number of sulfonamides is 1. The lowest BCUT2D eigenvalue weighted by Gasteiger charge is -2.26. The smallest absolute Gasteiger partial charge is 0.289 e. The number of halogens is 1. The fourth-order valence-electron chi connectivity index (χ4n) is 8.20. The maximum absolute atomic E-state index is 14.3. The maximum Gasteiger partial charge on any atom is 0.289 e. The first-order chi connectivity index (χ1) is 29.3. The van der Waals surface area contributed by atoms with Crippen LogP contribution >= 0.6 is 11.6 Å². The summed E-state index contributed by atoms with van der Waals surface area (Å²) in [6.45, 7) is 2.88. The molecule has 3 fully saturated rings. The predicted molar refractivity (Wildman–Crippen MR) is 236 cm³/mol. The Bertz CT molecular complexity index is 2050. The minimum Gasteiger partial charge on any atom is -0.372 e. The monoisotopic (exact) mass is 878 g/mol. The number of likely N-dealkylation sites (tertiary alicyclic amines) is 1. The van der Waals surface area contributed by atoms with Gasteiger partial charge in [-0.25, -0.2) is 13.1 Å². The topological polar surface area (TPSA) is 223 Å². The summed E-state index contributed by atoms with van der Waals surface area (Å²) < 4.78 is 40.4. The number of ketones is 1.